The van der Waals surface area contributed by atoms with Gasteiger partial charge in [0.05, 0.1) is 0 Å². The Bertz CT molecular complexity index is 260. The number of ether oxygens (including phenoxy) is 1. The molecular weight excluding hydrogens is 359 g/mol. The Kier molecular flexibility index (Phi) is 15.1. The minimum Gasteiger partial charge on any atom is -0.385 e. The van der Waals surface area contributed by atoms with Crippen LogP contribution in [-0.4, -0.2) is 51.8 Å². The summed E-state index contributed by atoms with van der Waals surface area (Å²) in [5.74, 6) is 0.760. The summed E-state index contributed by atoms with van der Waals surface area (Å²) < 4.78 is 4.95. The van der Waals surface area contributed by atoms with E-state index in [2.05, 4.69) is 20.9 Å². The van der Waals surface area contributed by atoms with E-state index < -0.39 is 0 Å². The Balaban J connectivity index is 0. The van der Waals surface area contributed by atoms with Crippen molar-refractivity contribution in [2.45, 2.75) is 32.7 Å². The Labute approximate surface area is 133 Å². The predicted octanol–water partition coefficient (Wildman–Crippen LogP) is 0.721. The van der Waals surface area contributed by atoms with Gasteiger partial charge < -0.3 is 20.7 Å². The predicted molar refractivity (Wildman–Crippen MR) is 89.2 cm³/mol. The van der Waals surface area contributed by atoms with Gasteiger partial charge in [-0.05, 0) is 20.3 Å². The van der Waals surface area contributed by atoms with E-state index in [1.807, 2.05) is 13.8 Å². The van der Waals surface area contributed by atoms with Crippen LogP contribution in [0.25, 0.3) is 0 Å². The highest BCUT2D eigenvalue weighted by atomic mass is 127. The molecule has 0 aliphatic carbocycles. The van der Waals surface area contributed by atoms with Crippen LogP contribution in [-0.2, 0) is 9.53 Å². The third-order valence-corrected chi connectivity index (χ3v) is 2.14. The third kappa shape index (κ3) is 13.7. The summed E-state index contributed by atoms with van der Waals surface area (Å²) in [6, 6.07) is 0.184. The van der Waals surface area contributed by atoms with Gasteiger partial charge in [-0.25, -0.2) is 0 Å². The van der Waals surface area contributed by atoms with Crippen molar-refractivity contribution in [3.8, 4) is 0 Å². The van der Waals surface area contributed by atoms with E-state index in [0.29, 0.717) is 18.9 Å². The topological polar surface area (TPSA) is 74.8 Å². The highest BCUT2D eigenvalue weighted by Gasteiger charge is 2.03. The van der Waals surface area contributed by atoms with Crippen LogP contribution in [0.3, 0.4) is 0 Å². The molecule has 0 bridgehead atoms. The minimum atomic E-state index is 0. The van der Waals surface area contributed by atoms with E-state index in [0.717, 1.165) is 19.6 Å². The van der Waals surface area contributed by atoms with Gasteiger partial charge >= 0.3 is 0 Å². The lowest BCUT2D eigenvalue weighted by Crippen LogP contribution is -2.40. The van der Waals surface area contributed by atoms with Gasteiger partial charge in [-0.1, -0.05) is 0 Å². The number of nitrogens with one attached hydrogen (secondary N) is 3. The van der Waals surface area contributed by atoms with Crippen molar-refractivity contribution in [1.29, 1.82) is 0 Å². The molecule has 0 heterocycles. The van der Waals surface area contributed by atoms with E-state index in [-0.39, 0.29) is 35.9 Å². The molecule has 6 nitrogen and oxygen atoms in total. The molecule has 0 atom stereocenters. The molecule has 0 unspecified atom stereocenters. The molecule has 0 rings (SSSR count). The van der Waals surface area contributed by atoms with E-state index in [1.165, 1.54) is 0 Å². The third-order valence-electron chi connectivity index (χ3n) is 2.14. The molecule has 19 heavy (non-hydrogen) atoms. The second-order valence-electron chi connectivity index (χ2n) is 4.24. The smallest absolute Gasteiger partial charge is 0.221 e. The number of hydrogen-bond acceptors (Lipinski definition) is 3. The molecule has 114 valence electrons. The molecule has 1 amide bonds. The van der Waals surface area contributed by atoms with Crippen molar-refractivity contribution in [3.05, 3.63) is 0 Å². The second-order valence-corrected chi connectivity index (χ2v) is 4.24. The largest absolute Gasteiger partial charge is 0.385 e. The second kappa shape index (κ2) is 13.9. The normalized spacial score (nSPS) is 10.9. The Hall–Kier alpha value is -0.570. The minimum absolute atomic E-state index is 0. The van der Waals surface area contributed by atoms with Crippen molar-refractivity contribution >= 4 is 35.8 Å². The van der Waals surface area contributed by atoms with Gasteiger partial charge in [0.1, 0.15) is 0 Å². The van der Waals surface area contributed by atoms with Crippen LogP contribution in [0, 0.1) is 0 Å². The summed E-state index contributed by atoms with van der Waals surface area (Å²) in [5.41, 5.74) is 0. The van der Waals surface area contributed by atoms with Crippen molar-refractivity contribution in [2.75, 3.05) is 33.9 Å². The standard InChI is InChI=1S/C12H26N4O2.HI/c1-10(2)16-11(17)6-8-15-12(13-3)14-7-5-9-18-4;/h10H,5-9H2,1-4H3,(H,16,17)(H2,13,14,15);1H. The first-order valence-corrected chi connectivity index (χ1v) is 6.33. The van der Waals surface area contributed by atoms with Crippen LogP contribution >= 0.6 is 24.0 Å². The fourth-order valence-electron chi connectivity index (χ4n) is 1.33. The molecule has 0 aliphatic heterocycles. The number of methoxy groups -OCH3 is 1. The summed E-state index contributed by atoms with van der Waals surface area (Å²) in [5, 5.41) is 9.07. The molecule has 0 aromatic heterocycles. The molecule has 0 spiro atoms. The molecule has 0 aromatic carbocycles. The number of carbonyl (C=O) groups excluding carboxylic acids is 1. The highest BCUT2D eigenvalue weighted by Crippen LogP contribution is 1.83. The van der Waals surface area contributed by atoms with Crippen molar-refractivity contribution < 1.29 is 9.53 Å². The quantitative estimate of drug-likeness (QED) is 0.249. The molecule has 3 N–H and O–H groups in total. The molecule has 0 radical (unpaired) electrons. The molecule has 0 saturated carbocycles. The van der Waals surface area contributed by atoms with E-state index >= 15 is 0 Å². The fourth-order valence-corrected chi connectivity index (χ4v) is 1.33. The fraction of sp³-hybridized carbons (Fsp3) is 0.833. The number of rotatable bonds is 8. The van der Waals surface area contributed by atoms with Gasteiger partial charge in [-0.15, -0.1) is 24.0 Å². The number of nitrogens with zero attached hydrogens (tertiary/aromatic N) is 1. The molecule has 0 aliphatic rings. The monoisotopic (exact) mass is 386 g/mol. The van der Waals surface area contributed by atoms with E-state index in [4.69, 9.17) is 4.74 Å². The highest BCUT2D eigenvalue weighted by molar-refractivity contribution is 14.0. The number of amides is 1. The van der Waals surface area contributed by atoms with Crippen LogP contribution in [0.1, 0.15) is 26.7 Å². The Morgan fingerprint density at radius 1 is 1.26 bits per heavy atom. The number of halogens is 1. The average Bonchev–Trinajstić information content (AvgIpc) is 2.31. The van der Waals surface area contributed by atoms with Gasteiger partial charge in [0.2, 0.25) is 5.91 Å². The molecule has 0 fully saturated rings. The number of aliphatic imine (C=N–C) groups is 1. The summed E-state index contributed by atoms with van der Waals surface area (Å²) in [4.78, 5) is 15.5. The Morgan fingerprint density at radius 3 is 2.42 bits per heavy atom. The Morgan fingerprint density at radius 2 is 1.89 bits per heavy atom. The van der Waals surface area contributed by atoms with Crippen LogP contribution in [0.5, 0.6) is 0 Å². The van der Waals surface area contributed by atoms with Crippen LogP contribution in [0.15, 0.2) is 4.99 Å². The van der Waals surface area contributed by atoms with Crippen molar-refractivity contribution in [3.63, 3.8) is 0 Å². The average molecular weight is 386 g/mol. The van der Waals surface area contributed by atoms with Crippen LogP contribution in [0.2, 0.25) is 0 Å². The number of carbonyl (C=O) groups is 1. The van der Waals surface area contributed by atoms with E-state index in [9.17, 15) is 4.79 Å². The molecule has 0 saturated heterocycles. The number of guanidine groups is 1. The first-order valence-electron chi connectivity index (χ1n) is 6.33. The zero-order valence-corrected chi connectivity index (χ0v) is 14.6. The SMILES string of the molecule is CN=C(NCCCOC)NCCC(=O)NC(C)C.I. The van der Waals surface area contributed by atoms with Gasteiger partial charge in [0, 0.05) is 46.3 Å². The molecular formula is C12H27IN4O2. The first kappa shape index (κ1) is 20.7. The summed E-state index contributed by atoms with van der Waals surface area (Å²) in [6.45, 7) is 5.98. The van der Waals surface area contributed by atoms with Gasteiger partial charge in [-0.2, -0.15) is 0 Å². The maximum Gasteiger partial charge on any atom is 0.221 e. The molecule has 0 aromatic rings. The van der Waals surface area contributed by atoms with E-state index in [1.54, 1.807) is 14.2 Å². The maximum atomic E-state index is 11.4. The zero-order chi connectivity index (χ0) is 13.8. The first-order chi connectivity index (χ1) is 8.60. The van der Waals surface area contributed by atoms with Crippen LogP contribution < -0.4 is 16.0 Å². The van der Waals surface area contributed by atoms with Crippen molar-refractivity contribution in [1.82, 2.24) is 16.0 Å². The van der Waals surface area contributed by atoms with Crippen molar-refractivity contribution in [2.24, 2.45) is 4.99 Å². The maximum absolute atomic E-state index is 11.4. The van der Waals surface area contributed by atoms with Crippen LogP contribution in [0.4, 0.5) is 0 Å². The number of hydrogen-bond donors (Lipinski definition) is 3. The van der Waals surface area contributed by atoms with Gasteiger partial charge in [-0.3, -0.25) is 9.79 Å². The lowest BCUT2D eigenvalue weighted by atomic mass is 10.3. The lowest BCUT2D eigenvalue weighted by molar-refractivity contribution is -0.121. The summed E-state index contributed by atoms with van der Waals surface area (Å²) >= 11 is 0. The molecule has 7 heteroatoms. The lowest BCUT2D eigenvalue weighted by Gasteiger charge is -2.12. The van der Waals surface area contributed by atoms with Gasteiger partial charge in [0.25, 0.3) is 0 Å². The summed E-state index contributed by atoms with van der Waals surface area (Å²) in [7, 11) is 3.39. The zero-order valence-electron chi connectivity index (χ0n) is 12.3. The summed E-state index contributed by atoms with van der Waals surface area (Å²) in [6.07, 6.45) is 1.36. The van der Waals surface area contributed by atoms with Gasteiger partial charge in [0.15, 0.2) is 5.96 Å².